The van der Waals surface area contributed by atoms with Gasteiger partial charge in [0, 0.05) is 21.8 Å². The lowest BCUT2D eigenvalue weighted by Gasteiger charge is -2.15. The number of rotatable bonds is 5. The number of hydrogen-bond donors (Lipinski definition) is 1. The summed E-state index contributed by atoms with van der Waals surface area (Å²) in [7, 11) is 4.64. The van der Waals surface area contributed by atoms with E-state index in [1.807, 2.05) is 6.07 Å². The third kappa shape index (κ3) is 2.27. The number of halogens is 1. The van der Waals surface area contributed by atoms with Gasteiger partial charge in [-0.15, -0.1) is 0 Å². The quantitative estimate of drug-likeness (QED) is 0.849. The van der Waals surface area contributed by atoms with Gasteiger partial charge in [0.25, 0.3) is 0 Å². The van der Waals surface area contributed by atoms with Gasteiger partial charge in [-0.2, -0.15) is 0 Å². The van der Waals surface area contributed by atoms with Crippen LogP contribution in [0.3, 0.4) is 0 Å². The number of benzene rings is 1. The first kappa shape index (κ1) is 14.5. The number of aldehydes is 1. The van der Waals surface area contributed by atoms with Gasteiger partial charge in [-0.25, -0.2) is 0 Å². The second-order valence-electron chi connectivity index (χ2n) is 3.93. The fourth-order valence-corrected chi connectivity index (χ4v) is 2.62. The molecule has 0 aliphatic carbocycles. The zero-order valence-electron chi connectivity index (χ0n) is 11.3. The van der Waals surface area contributed by atoms with Gasteiger partial charge in [-0.3, -0.25) is 4.79 Å². The van der Waals surface area contributed by atoms with Crippen LogP contribution in [0.2, 0.25) is 0 Å². The minimum atomic E-state index is 0.461. The lowest BCUT2D eigenvalue weighted by Crippen LogP contribution is -1.97. The van der Waals surface area contributed by atoms with Crippen LogP contribution in [0.15, 0.2) is 22.8 Å². The van der Waals surface area contributed by atoms with Gasteiger partial charge in [0.05, 0.1) is 27.0 Å². The first-order valence-electron chi connectivity index (χ1n) is 5.79. The van der Waals surface area contributed by atoms with Gasteiger partial charge in [0.1, 0.15) is 0 Å². The Morgan fingerprint density at radius 3 is 2.35 bits per heavy atom. The largest absolute Gasteiger partial charge is 0.493 e. The van der Waals surface area contributed by atoms with Crippen LogP contribution in [0.25, 0.3) is 11.1 Å². The molecule has 0 saturated carbocycles. The molecule has 0 unspecified atom stereocenters. The van der Waals surface area contributed by atoms with Crippen LogP contribution in [-0.4, -0.2) is 32.6 Å². The van der Waals surface area contributed by atoms with Crippen LogP contribution < -0.4 is 14.2 Å². The lowest BCUT2D eigenvalue weighted by atomic mass is 10.0. The van der Waals surface area contributed by atoms with E-state index in [0.29, 0.717) is 22.9 Å². The molecule has 1 aromatic carbocycles. The minimum absolute atomic E-state index is 0.461. The number of aromatic nitrogens is 1. The van der Waals surface area contributed by atoms with Crippen LogP contribution in [0, 0.1) is 0 Å². The normalized spacial score (nSPS) is 10.2. The molecule has 5 nitrogen and oxygen atoms in total. The van der Waals surface area contributed by atoms with Gasteiger partial charge >= 0.3 is 0 Å². The Kier molecular flexibility index (Phi) is 4.34. The van der Waals surface area contributed by atoms with E-state index in [1.165, 1.54) is 7.11 Å². The Morgan fingerprint density at radius 1 is 1.10 bits per heavy atom. The topological polar surface area (TPSA) is 60.6 Å². The molecule has 0 fully saturated rings. The van der Waals surface area contributed by atoms with Crippen molar-refractivity contribution in [2.24, 2.45) is 0 Å². The fraction of sp³-hybridized carbons (Fsp3) is 0.214. The smallest absolute Gasteiger partial charge is 0.203 e. The van der Waals surface area contributed by atoms with E-state index in [1.54, 1.807) is 26.5 Å². The number of carbonyl (C=O) groups is 1. The van der Waals surface area contributed by atoms with Gasteiger partial charge in [-0.05, 0) is 28.1 Å². The predicted molar refractivity (Wildman–Crippen MR) is 79.0 cm³/mol. The number of aromatic amines is 1. The van der Waals surface area contributed by atoms with Gasteiger partial charge in [0.2, 0.25) is 5.75 Å². The van der Waals surface area contributed by atoms with Crippen LogP contribution in [0.5, 0.6) is 17.2 Å². The van der Waals surface area contributed by atoms with Gasteiger partial charge in [-0.1, -0.05) is 0 Å². The highest BCUT2D eigenvalue weighted by Gasteiger charge is 2.21. The summed E-state index contributed by atoms with van der Waals surface area (Å²) in [4.78, 5) is 14.0. The summed E-state index contributed by atoms with van der Waals surface area (Å²) in [6, 6.07) is 3.59. The first-order valence-corrected chi connectivity index (χ1v) is 6.58. The summed E-state index contributed by atoms with van der Waals surface area (Å²) >= 11 is 3.42. The maximum atomic E-state index is 11.1. The average Bonchev–Trinajstić information content (AvgIpc) is 2.86. The highest BCUT2D eigenvalue weighted by Crippen LogP contribution is 2.46. The standard InChI is InChI=1S/C14H14BrNO4/c1-18-11-5-4-8(13(19-2)14(11)20-3)12-9(15)6-16-10(12)7-17/h4-7,16H,1-3H3. The lowest BCUT2D eigenvalue weighted by molar-refractivity contribution is 0.112. The molecule has 1 aromatic heterocycles. The SMILES string of the molecule is COc1ccc(-c2c(Br)c[nH]c2C=O)c(OC)c1OC. The number of H-pyrrole nitrogens is 1. The highest BCUT2D eigenvalue weighted by molar-refractivity contribution is 9.10. The summed E-state index contributed by atoms with van der Waals surface area (Å²) in [5.74, 6) is 1.56. The Balaban J connectivity index is 2.74. The second-order valence-corrected chi connectivity index (χ2v) is 4.78. The van der Waals surface area contributed by atoms with E-state index in [2.05, 4.69) is 20.9 Å². The van der Waals surface area contributed by atoms with Crippen molar-refractivity contribution in [3.05, 3.63) is 28.5 Å². The first-order chi connectivity index (χ1) is 9.67. The molecule has 1 N–H and O–H groups in total. The van der Waals surface area contributed by atoms with E-state index < -0.39 is 0 Å². The molecule has 0 radical (unpaired) electrons. The van der Waals surface area contributed by atoms with E-state index in [9.17, 15) is 4.79 Å². The van der Waals surface area contributed by atoms with Crippen molar-refractivity contribution in [1.82, 2.24) is 4.98 Å². The Hall–Kier alpha value is -1.95. The molecule has 1 heterocycles. The third-order valence-corrected chi connectivity index (χ3v) is 3.58. The third-order valence-electron chi connectivity index (χ3n) is 2.95. The van der Waals surface area contributed by atoms with Crippen molar-refractivity contribution in [3.8, 4) is 28.4 Å². The molecular formula is C14H14BrNO4. The van der Waals surface area contributed by atoms with E-state index in [-0.39, 0.29) is 0 Å². The second kappa shape index (κ2) is 6.00. The van der Waals surface area contributed by atoms with E-state index in [4.69, 9.17) is 14.2 Å². The summed E-state index contributed by atoms with van der Waals surface area (Å²) in [5, 5.41) is 0. The van der Waals surface area contributed by atoms with Crippen molar-refractivity contribution in [2.45, 2.75) is 0 Å². The number of methoxy groups -OCH3 is 3. The molecule has 0 atom stereocenters. The molecular weight excluding hydrogens is 326 g/mol. The maximum absolute atomic E-state index is 11.1. The van der Waals surface area contributed by atoms with Crippen molar-refractivity contribution in [2.75, 3.05) is 21.3 Å². The van der Waals surface area contributed by atoms with Crippen molar-refractivity contribution in [1.29, 1.82) is 0 Å². The zero-order valence-corrected chi connectivity index (χ0v) is 12.9. The number of hydrogen-bond acceptors (Lipinski definition) is 4. The van der Waals surface area contributed by atoms with Crippen molar-refractivity contribution in [3.63, 3.8) is 0 Å². The van der Waals surface area contributed by atoms with Crippen molar-refractivity contribution >= 4 is 22.2 Å². The Bertz CT molecular complexity index is 636. The molecule has 0 saturated heterocycles. The molecule has 2 aromatic rings. The highest BCUT2D eigenvalue weighted by atomic mass is 79.9. The summed E-state index contributed by atoms with van der Waals surface area (Å²) in [6.07, 6.45) is 2.46. The molecule has 0 aliphatic heterocycles. The van der Waals surface area contributed by atoms with Crippen LogP contribution in [0.4, 0.5) is 0 Å². The molecule has 106 valence electrons. The molecule has 2 rings (SSSR count). The predicted octanol–water partition coefficient (Wildman–Crippen LogP) is 3.28. The maximum Gasteiger partial charge on any atom is 0.203 e. The van der Waals surface area contributed by atoms with Gasteiger partial charge < -0.3 is 19.2 Å². The number of nitrogens with one attached hydrogen (secondary N) is 1. The fourth-order valence-electron chi connectivity index (χ4n) is 2.08. The Labute approximate surface area is 125 Å². The molecule has 6 heteroatoms. The van der Waals surface area contributed by atoms with Gasteiger partial charge in [0.15, 0.2) is 17.8 Å². The van der Waals surface area contributed by atoms with Crippen molar-refractivity contribution < 1.29 is 19.0 Å². The summed E-state index contributed by atoms with van der Waals surface area (Å²) in [6.45, 7) is 0. The zero-order chi connectivity index (χ0) is 14.7. The molecule has 0 aliphatic rings. The molecule has 20 heavy (non-hydrogen) atoms. The monoisotopic (exact) mass is 339 g/mol. The van der Waals surface area contributed by atoms with Crippen LogP contribution in [0.1, 0.15) is 10.5 Å². The number of carbonyl (C=O) groups excluding carboxylic acids is 1. The van der Waals surface area contributed by atoms with E-state index in [0.717, 1.165) is 21.9 Å². The average molecular weight is 340 g/mol. The molecule has 0 amide bonds. The summed E-state index contributed by atoms with van der Waals surface area (Å²) < 4.78 is 16.8. The minimum Gasteiger partial charge on any atom is -0.493 e. The van der Waals surface area contributed by atoms with Crippen LogP contribution in [-0.2, 0) is 0 Å². The molecule has 0 bridgehead atoms. The number of ether oxygens (including phenoxy) is 3. The Morgan fingerprint density at radius 2 is 1.80 bits per heavy atom. The summed E-state index contributed by atoms with van der Waals surface area (Å²) in [5.41, 5.74) is 1.92. The van der Waals surface area contributed by atoms with Crippen LogP contribution >= 0.6 is 15.9 Å². The molecule has 0 spiro atoms. The van der Waals surface area contributed by atoms with E-state index >= 15 is 0 Å².